The van der Waals surface area contributed by atoms with Gasteiger partial charge in [0.15, 0.2) is 5.75 Å². The van der Waals surface area contributed by atoms with Gasteiger partial charge in [-0.15, -0.1) is 26.3 Å². The van der Waals surface area contributed by atoms with Gasteiger partial charge in [-0.2, -0.15) is 4.98 Å². The first-order valence-electron chi connectivity index (χ1n) is 8.57. The molecule has 0 saturated carbocycles. The largest absolute Gasteiger partial charge is 0.573 e. The lowest BCUT2D eigenvalue weighted by atomic mass is 10.1. The monoisotopic (exact) mass is 444 g/mol. The fraction of sp³-hybridized carbons (Fsp3) is 0.158. The lowest BCUT2D eigenvalue weighted by Crippen LogP contribution is -2.18. The van der Waals surface area contributed by atoms with Gasteiger partial charge in [0.1, 0.15) is 11.6 Å². The second-order valence-electron chi connectivity index (χ2n) is 5.96. The minimum atomic E-state index is -4.90. The Bertz CT molecular complexity index is 1060. The van der Waals surface area contributed by atoms with Crippen LogP contribution in [0.4, 0.5) is 43.8 Å². The Morgan fingerprint density at radius 2 is 1.52 bits per heavy atom. The molecule has 2 aromatic carbocycles. The lowest BCUT2D eigenvalue weighted by Gasteiger charge is -2.15. The standard InChI is InChI=1S/C19H14F6N4O2/c1-26-17-28-14(11-5-4-6-12(9-11)30-18(20,21)22)10-16(29-17)27-13-7-2-3-8-15(13)31-19(23,24)25/h2-10H,1H3,(H2,26,27,28,29). The number of anilines is 3. The molecule has 0 atom stereocenters. The first-order chi connectivity index (χ1) is 14.5. The first kappa shape index (κ1) is 22.0. The van der Waals surface area contributed by atoms with Gasteiger partial charge in [0, 0.05) is 18.7 Å². The number of aromatic nitrogens is 2. The van der Waals surface area contributed by atoms with Crippen LogP contribution >= 0.6 is 0 Å². The summed E-state index contributed by atoms with van der Waals surface area (Å²) in [5.41, 5.74) is 0.438. The quantitative estimate of drug-likeness (QED) is 0.474. The molecule has 164 valence electrons. The number of rotatable bonds is 6. The fourth-order valence-electron chi connectivity index (χ4n) is 2.55. The van der Waals surface area contributed by atoms with E-state index in [4.69, 9.17) is 0 Å². The molecule has 0 fully saturated rings. The number of nitrogens with zero attached hydrogens (tertiary/aromatic N) is 2. The second-order valence-corrected chi connectivity index (χ2v) is 5.96. The van der Waals surface area contributed by atoms with Gasteiger partial charge in [0.05, 0.1) is 11.4 Å². The highest BCUT2D eigenvalue weighted by molar-refractivity contribution is 5.70. The Labute approximate surface area is 171 Å². The third-order valence-electron chi connectivity index (χ3n) is 3.69. The van der Waals surface area contributed by atoms with Crippen molar-refractivity contribution in [2.45, 2.75) is 12.7 Å². The van der Waals surface area contributed by atoms with E-state index < -0.39 is 24.2 Å². The van der Waals surface area contributed by atoms with Crippen LogP contribution in [-0.2, 0) is 0 Å². The molecule has 3 rings (SSSR count). The Morgan fingerprint density at radius 3 is 2.19 bits per heavy atom. The van der Waals surface area contributed by atoms with E-state index in [0.29, 0.717) is 0 Å². The number of hydrogen-bond acceptors (Lipinski definition) is 6. The molecule has 6 nitrogen and oxygen atoms in total. The molecule has 0 saturated heterocycles. The molecule has 31 heavy (non-hydrogen) atoms. The summed E-state index contributed by atoms with van der Waals surface area (Å²) in [7, 11) is 1.51. The van der Waals surface area contributed by atoms with Crippen molar-refractivity contribution in [3.63, 3.8) is 0 Å². The van der Waals surface area contributed by atoms with Crippen LogP contribution in [0.25, 0.3) is 11.3 Å². The topological polar surface area (TPSA) is 68.3 Å². The van der Waals surface area contributed by atoms with Crippen LogP contribution in [0.1, 0.15) is 0 Å². The maximum atomic E-state index is 12.6. The molecule has 2 N–H and O–H groups in total. The van der Waals surface area contributed by atoms with Crippen molar-refractivity contribution in [3.8, 4) is 22.8 Å². The summed E-state index contributed by atoms with van der Waals surface area (Å²) in [5.74, 6) is -0.777. The van der Waals surface area contributed by atoms with Crippen LogP contribution < -0.4 is 20.1 Å². The molecule has 0 aliphatic rings. The zero-order valence-corrected chi connectivity index (χ0v) is 15.7. The van der Waals surface area contributed by atoms with Crippen molar-refractivity contribution in [3.05, 3.63) is 54.6 Å². The number of benzene rings is 2. The Hall–Kier alpha value is -3.70. The number of nitrogens with one attached hydrogen (secondary N) is 2. The van der Waals surface area contributed by atoms with Crippen molar-refractivity contribution in [1.29, 1.82) is 0 Å². The number of ether oxygens (including phenoxy) is 2. The first-order valence-corrected chi connectivity index (χ1v) is 8.57. The Balaban J connectivity index is 1.95. The van der Waals surface area contributed by atoms with Gasteiger partial charge in [0.2, 0.25) is 5.95 Å². The molecule has 0 aliphatic carbocycles. The molecule has 0 bridgehead atoms. The molecule has 0 aliphatic heterocycles. The molecule has 1 heterocycles. The number of para-hydroxylation sites is 2. The average molecular weight is 444 g/mol. The van der Waals surface area contributed by atoms with Gasteiger partial charge >= 0.3 is 12.7 Å². The van der Waals surface area contributed by atoms with E-state index in [1.807, 2.05) is 0 Å². The molecule has 1 aromatic heterocycles. The maximum Gasteiger partial charge on any atom is 0.573 e. The van der Waals surface area contributed by atoms with E-state index >= 15 is 0 Å². The van der Waals surface area contributed by atoms with Crippen LogP contribution in [0.2, 0.25) is 0 Å². The summed E-state index contributed by atoms with van der Waals surface area (Å²) in [5, 5.41) is 5.39. The predicted molar refractivity (Wildman–Crippen MR) is 100 cm³/mol. The lowest BCUT2D eigenvalue weighted by molar-refractivity contribution is -0.275. The normalized spacial score (nSPS) is 11.7. The molecule has 12 heteroatoms. The smallest absolute Gasteiger partial charge is 0.406 e. The molecule has 3 aromatic rings. The van der Waals surface area contributed by atoms with Gasteiger partial charge in [-0.25, -0.2) is 4.98 Å². The zero-order valence-electron chi connectivity index (χ0n) is 15.7. The van der Waals surface area contributed by atoms with Gasteiger partial charge in [-0.3, -0.25) is 0 Å². The summed E-state index contributed by atoms with van der Waals surface area (Å²) >= 11 is 0. The van der Waals surface area contributed by atoms with Gasteiger partial charge in [-0.1, -0.05) is 24.3 Å². The highest BCUT2D eigenvalue weighted by Gasteiger charge is 2.32. The summed E-state index contributed by atoms with van der Waals surface area (Å²) in [6.07, 6.45) is -9.76. The van der Waals surface area contributed by atoms with Gasteiger partial charge in [0.25, 0.3) is 0 Å². The molecule has 0 unspecified atom stereocenters. The summed E-state index contributed by atoms with van der Waals surface area (Å²) in [6.45, 7) is 0. The summed E-state index contributed by atoms with van der Waals surface area (Å²) in [4.78, 5) is 8.28. The maximum absolute atomic E-state index is 12.6. The SMILES string of the molecule is CNc1nc(Nc2ccccc2OC(F)(F)F)cc(-c2cccc(OC(F)(F)F)c2)n1. The Morgan fingerprint density at radius 1 is 0.806 bits per heavy atom. The van der Waals surface area contributed by atoms with Gasteiger partial charge in [-0.05, 0) is 24.3 Å². The van der Waals surface area contributed by atoms with Crippen LogP contribution in [0.15, 0.2) is 54.6 Å². The molecule has 0 spiro atoms. The number of alkyl halides is 6. The average Bonchev–Trinajstić information content (AvgIpc) is 2.67. The molecular weight excluding hydrogens is 430 g/mol. The Kier molecular flexibility index (Phi) is 6.09. The minimum Gasteiger partial charge on any atom is -0.406 e. The third kappa shape index (κ3) is 6.39. The molecule has 0 amide bonds. The van der Waals surface area contributed by atoms with Crippen LogP contribution in [0.3, 0.4) is 0 Å². The fourth-order valence-corrected chi connectivity index (χ4v) is 2.55. The highest BCUT2D eigenvalue weighted by Crippen LogP contribution is 2.33. The molecule has 0 radical (unpaired) electrons. The van der Waals surface area contributed by atoms with E-state index in [0.717, 1.165) is 18.2 Å². The van der Waals surface area contributed by atoms with Crippen molar-refractivity contribution in [2.24, 2.45) is 0 Å². The summed E-state index contributed by atoms with van der Waals surface area (Å²) < 4.78 is 83.3. The van der Waals surface area contributed by atoms with E-state index in [2.05, 4.69) is 30.1 Å². The van der Waals surface area contributed by atoms with E-state index in [1.54, 1.807) is 0 Å². The number of halogens is 6. The van der Waals surface area contributed by atoms with Crippen molar-refractivity contribution in [2.75, 3.05) is 17.7 Å². The third-order valence-corrected chi connectivity index (χ3v) is 3.69. The van der Waals surface area contributed by atoms with Crippen molar-refractivity contribution >= 4 is 17.5 Å². The van der Waals surface area contributed by atoms with Crippen molar-refractivity contribution < 1.29 is 35.8 Å². The highest BCUT2D eigenvalue weighted by atomic mass is 19.4. The van der Waals surface area contributed by atoms with Crippen molar-refractivity contribution in [1.82, 2.24) is 9.97 Å². The second kappa shape index (κ2) is 8.58. The zero-order chi connectivity index (χ0) is 22.6. The van der Waals surface area contributed by atoms with Crippen LogP contribution in [-0.4, -0.2) is 29.7 Å². The summed E-state index contributed by atoms with van der Waals surface area (Å²) in [6, 6.07) is 11.8. The van der Waals surface area contributed by atoms with E-state index in [1.165, 1.54) is 43.4 Å². The van der Waals surface area contributed by atoms with Gasteiger partial charge < -0.3 is 20.1 Å². The predicted octanol–water partition coefficient (Wildman–Crippen LogP) is 5.73. The van der Waals surface area contributed by atoms with E-state index in [9.17, 15) is 26.3 Å². The minimum absolute atomic E-state index is 0.0271. The van der Waals surface area contributed by atoms with Crippen LogP contribution in [0, 0.1) is 0 Å². The number of hydrogen-bond donors (Lipinski definition) is 2. The van der Waals surface area contributed by atoms with E-state index in [-0.39, 0.29) is 28.7 Å². The van der Waals surface area contributed by atoms with Crippen LogP contribution in [0.5, 0.6) is 11.5 Å². The molecular formula is C19H14F6N4O2.